The zero-order valence-corrected chi connectivity index (χ0v) is 93.0. The molecule has 1 amide bonds. The van der Waals surface area contributed by atoms with Crippen LogP contribution in [0.5, 0.6) is 11.6 Å². The molecule has 0 bridgehead atoms. The van der Waals surface area contributed by atoms with Gasteiger partial charge in [-0.25, -0.2) is 9.36 Å². The number of halogens is 5. The third kappa shape index (κ3) is 35.0. The Labute approximate surface area is 906 Å². The lowest BCUT2D eigenvalue weighted by Crippen LogP contribution is -2.32. The van der Waals surface area contributed by atoms with Crippen molar-refractivity contribution < 1.29 is 57.2 Å². The Hall–Kier alpha value is -13.1. The first-order valence-electron chi connectivity index (χ1n) is 50.1. The summed E-state index contributed by atoms with van der Waals surface area (Å²) in [6.07, 6.45) is 3.17. The second-order valence-corrected chi connectivity index (χ2v) is 41.9. The van der Waals surface area contributed by atoms with Crippen LogP contribution >= 0.6 is 58.0 Å². The average Bonchev–Trinajstić information content (AvgIpc) is 1.72. The van der Waals surface area contributed by atoms with Gasteiger partial charge in [0.2, 0.25) is 5.88 Å². The molecule has 0 aliphatic heterocycles. The molecule has 15 rings (SSSR count). The highest BCUT2D eigenvalue weighted by Gasteiger charge is 2.32. The molecule has 5 heterocycles. The van der Waals surface area contributed by atoms with Crippen LogP contribution < -0.4 is 15.4 Å². The van der Waals surface area contributed by atoms with Crippen molar-refractivity contribution >= 4 is 104 Å². The van der Waals surface area contributed by atoms with Crippen LogP contribution in [-0.4, -0.2) is 118 Å². The van der Waals surface area contributed by atoms with E-state index in [4.69, 9.17) is 102 Å². The fourth-order valence-electron chi connectivity index (χ4n) is 14.6. The average molecular weight is 2130 g/mol. The Morgan fingerprint density at radius 2 is 0.627 bits per heavy atom. The van der Waals surface area contributed by atoms with Gasteiger partial charge in [-0.3, -0.25) is 42.8 Å². The van der Waals surface area contributed by atoms with Gasteiger partial charge in [0.1, 0.15) is 39.6 Å². The number of nitrogens with zero attached hydrogens (tertiary/aromatic N) is 10. The van der Waals surface area contributed by atoms with Gasteiger partial charge in [0.25, 0.3) is 5.91 Å². The Bertz CT molecular complexity index is 6900. The molecule has 0 saturated heterocycles. The van der Waals surface area contributed by atoms with Gasteiger partial charge in [-0.2, -0.15) is 25.5 Å². The second kappa shape index (κ2) is 54.6. The van der Waals surface area contributed by atoms with E-state index in [1.165, 1.54) is 38.8 Å². The third-order valence-corrected chi connectivity index (χ3v) is 27.2. The Kier molecular flexibility index (Phi) is 42.6. The fraction of sp³-hybridized carbons (Fsp3) is 0.331. The number of benzene rings is 10. The van der Waals surface area contributed by atoms with Crippen molar-refractivity contribution in [2.75, 3.05) is 5.32 Å². The monoisotopic (exact) mass is 2120 g/mol. The number of carbonyl (C=O) groups excluding carboxylic acids is 6. The van der Waals surface area contributed by atoms with Crippen LogP contribution in [0.15, 0.2) is 285 Å². The number of hydrogen-bond donors (Lipinski definition) is 2. The van der Waals surface area contributed by atoms with Crippen LogP contribution in [0.25, 0.3) is 33.8 Å². The molecule has 150 heavy (non-hydrogen) atoms. The largest absolute Gasteiger partial charge is 0.439 e. The second-order valence-electron chi connectivity index (χ2n) is 39.9. The number of anilines is 2. The SMILES string of the molecule is CC(=O)C(C)(C)OCc1cc(-c2cccc(C(=O)NC(C)C)c2)n(Cc2ccccc2Cl)n1.CC(=O)C(C)(C)OCc1cc(-c2cccc(CCC(C)C)c2)n(Cc2ccccc2Cl)n1.CC(=O)C(C)(C)OCc1cc(Nc2ccccc2)n(Cc2ccccc2Cl)n1.CC(=O)C(C)(C)OCc1cc(Oc2ccccc2)n(Cc2ccccc2Cl)n1.CCc1cccc(-c2cc(COC(C)(C)C(C)=O)nn2Cc2ccccc2Cl)c1. The van der Waals surface area contributed by atoms with E-state index in [0.29, 0.717) is 87.3 Å². The molecular formula is C121H137Cl5N12O12. The predicted molar refractivity (Wildman–Crippen MR) is 599 cm³/mol. The maximum atomic E-state index is 12.5. The minimum Gasteiger partial charge on any atom is -0.439 e. The lowest BCUT2D eigenvalue weighted by molar-refractivity contribution is -0.140. The lowest BCUT2D eigenvalue weighted by atomic mass is 10.00. The summed E-state index contributed by atoms with van der Waals surface area (Å²) >= 11 is 31.8. The number of aryl methyl sites for hydroxylation is 2. The summed E-state index contributed by atoms with van der Waals surface area (Å²) in [5.41, 5.74) is 14.2. The van der Waals surface area contributed by atoms with Crippen LogP contribution in [0.4, 0.5) is 11.5 Å². The van der Waals surface area contributed by atoms with Crippen LogP contribution in [0.2, 0.25) is 25.1 Å². The standard InChI is InChI=1S/C27H33ClN2O2.C26H30ClN3O3.C24H27ClN2O2.C22H24ClN3O2.C22H23ClN2O3/c1-19(2)13-14-21-9-8-11-22(15-21)26-16-24(18-32-27(4,5)20(3)31)29-30(26)17-23-10-6-7-12-25(23)28;1-17(2)28-25(32)20-11-8-10-19(13-20)24-14-22(16-33-26(4,5)18(3)31)29-30(24)15-21-9-6-7-12-23(21)27;1-5-18-9-8-11-19(13-18)23-14-21(16-29-24(3,4)17(2)28)26-27(23)15-20-10-6-7-12-22(20)25;1-16(27)22(2,3)28-15-19-13-21(24-18-10-5-4-6-11-18)26(25-19)14-17-9-7-8-12-20(17)23;1-16(26)22(2,3)27-15-18-13-21(28-19-10-5-4-6-11-19)25(24-18)14-17-9-7-8-12-20(17)23/h6-12,15-16,19H,13-14,17-18H2,1-5H3;6-14,17H,15-16H2,1-5H3,(H,28,32);6-14H,5,15-16H2,1-4H3;4-13,24H,14-15H2,1-3H3;4-13H,14-15H2,1-3H3. The highest BCUT2D eigenvalue weighted by molar-refractivity contribution is 6.32. The number of hydrogen-bond acceptors (Lipinski definition) is 18. The minimum absolute atomic E-state index is 0.00826. The number of aromatic nitrogens is 10. The number of Topliss-reactive ketones (excluding diaryl/α,β-unsaturated/α-hetero) is 5. The summed E-state index contributed by atoms with van der Waals surface area (Å²) < 4.78 is 44.5. The van der Waals surface area contributed by atoms with Crippen LogP contribution in [-0.2, 0) is 126 Å². The number of amides is 1. The first-order valence-corrected chi connectivity index (χ1v) is 52.0. The summed E-state index contributed by atoms with van der Waals surface area (Å²) in [4.78, 5) is 71.4. The molecular weight excluding hydrogens is 1990 g/mol. The summed E-state index contributed by atoms with van der Waals surface area (Å²) in [5.74, 6) is 2.51. The molecule has 0 atom stereocenters. The van der Waals surface area contributed by atoms with Crippen molar-refractivity contribution in [3.8, 4) is 45.4 Å². The quantitative estimate of drug-likeness (QED) is 0.0359. The number of para-hydroxylation sites is 2. The van der Waals surface area contributed by atoms with Gasteiger partial charge in [-0.1, -0.05) is 255 Å². The van der Waals surface area contributed by atoms with Gasteiger partial charge in [-0.15, -0.1) is 0 Å². The van der Waals surface area contributed by atoms with Gasteiger partial charge in [-0.05, 0) is 279 Å². The lowest BCUT2D eigenvalue weighted by Gasteiger charge is -2.21. The van der Waals surface area contributed by atoms with Gasteiger partial charge in [0, 0.05) is 71.2 Å². The molecule has 0 spiro atoms. The molecule has 0 aliphatic carbocycles. The molecule has 24 nitrogen and oxygen atoms in total. The summed E-state index contributed by atoms with van der Waals surface area (Å²) in [7, 11) is 0. The number of carbonyl (C=O) groups is 6. The van der Waals surface area contributed by atoms with Crippen molar-refractivity contribution in [1.29, 1.82) is 0 Å². The highest BCUT2D eigenvalue weighted by Crippen LogP contribution is 2.35. The van der Waals surface area contributed by atoms with Gasteiger partial charge >= 0.3 is 0 Å². The summed E-state index contributed by atoms with van der Waals surface area (Å²) in [6, 6.07) is 92.2. The Morgan fingerprint density at radius 1 is 0.327 bits per heavy atom. The zero-order chi connectivity index (χ0) is 109. The molecule has 0 unspecified atom stereocenters. The number of ether oxygens (including phenoxy) is 6. The molecule has 5 aromatic heterocycles. The van der Waals surface area contributed by atoms with Gasteiger partial charge < -0.3 is 39.1 Å². The minimum atomic E-state index is -0.901. The maximum absolute atomic E-state index is 12.5. The molecule has 0 saturated carbocycles. The smallest absolute Gasteiger partial charge is 0.251 e. The van der Waals surface area contributed by atoms with Crippen LogP contribution in [0.3, 0.4) is 0 Å². The summed E-state index contributed by atoms with van der Waals surface area (Å²) in [5, 5.41) is 33.3. The first kappa shape index (κ1) is 117. The third-order valence-electron chi connectivity index (χ3n) is 25.4. The van der Waals surface area contributed by atoms with Gasteiger partial charge in [0.15, 0.2) is 28.9 Å². The van der Waals surface area contributed by atoms with E-state index >= 15 is 0 Å². The van der Waals surface area contributed by atoms with Crippen molar-refractivity contribution in [1.82, 2.24) is 54.2 Å². The van der Waals surface area contributed by atoms with Crippen molar-refractivity contribution in [3.63, 3.8) is 0 Å². The molecule has 15 aromatic rings. The molecule has 10 aromatic carbocycles. The fourth-order valence-corrected chi connectivity index (χ4v) is 15.6. The van der Waals surface area contributed by atoms with Gasteiger partial charge in [0.05, 0.1) is 111 Å². The topological polar surface area (TPSA) is 271 Å². The number of ketones is 5. The van der Waals surface area contributed by atoms with E-state index in [9.17, 15) is 28.8 Å². The Morgan fingerprint density at radius 3 is 0.980 bits per heavy atom. The first-order chi connectivity index (χ1) is 71.2. The van der Waals surface area contributed by atoms with E-state index in [-0.39, 0.29) is 73.9 Å². The maximum Gasteiger partial charge on any atom is 0.251 e. The van der Waals surface area contributed by atoms with E-state index in [1.807, 2.05) is 257 Å². The normalized spacial score (nSPS) is 11.6. The molecule has 0 radical (unpaired) electrons. The van der Waals surface area contributed by atoms with E-state index < -0.39 is 28.0 Å². The molecule has 2 N–H and O–H groups in total. The van der Waals surface area contributed by atoms with Crippen LogP contribution in [0.1, 0.15) is 223 Å². The van der Waals surface area contributed by atoms with E-state index in [2.05, 4.69) is 96.2 Å². The highest BCUT2D eigenvalue weighted by atomic mass is 35.5. The zero-order valence-electron chi connectivity index (χ0n) is 89.2. The number of rotatable bonds is 43. The van der Waals surface area contributed by atoms with Crippen LogP contribution in [0, 0.1) is 5.92 Å². The van der Waals surface area contributed by atoms with Crippen molar-refractivity contribution in [3.05, 3.63) is 383 Å². The number of nitrogens with one attached hydrogen (secondary N) is 2. The van der Waals surface area contributed by atoms with Crippen molar-refractivity contribution in [2.24, 2.45) is 5.92 Å². The molecule has 788 valence electrons. The molecule has 0 fully saturated rings. The molecule has 0 aliphatic rings. The van der Waals surface area contributed by atoms with E-state index in [1.54, 1.807) is 86.9 Å². The van der Waals surface area contributed by atoms with Crippen molar-refractivity contribution in [2.45, 2.75) is 258 Å². The van der Waals surface area contributed by atoms with E-state index in [0.717, 1.165) is 114 Å². The molecule has 29 heteroatoms. The predicted octanol–water partition coefficient (Wildman–Crippen LogP) is 28.2. The Balaban J connectivity index is 0.000000178. The summed E-state index contributed by atoms with van der Waals surface area (Å²) in [6.45, 7) is 39.5.